The van der Waals surface area contributed by atoms with Gasteiger partial charge in [0, 0.05) is 0 Å². The van der Waals surface area contributed by atoms with Gasteiger partial charge < -0.3 is 5.32 Å². The fraction of sp³-hybridized carbons (Fsp3) is 0. The van der Waals surface area contributed by atoms with Crippen molar-refractivity contribution >= 4 is 28.4 Å². The molecule has 21 heavy (non-hydrogen) atoms. The Labute approximate surface area is 117 Å². The predicted octanol–water partition coefficient (Wildman–Crippen LogP) is 3.23. The summed E-state index contributed by atoms with van der Waals surface area (Å²) in [4.78, 5) is 8.49. The Kier molecular flexibility index (Phi) is 2.41. The molecule has 0 amide bonds. The molecule has 0 aliphatic rings. The van der Waals surface area contributed by atoms with E-state index in [4.69, 9.17) is 0 Å². The zero-order valence-electron chi connectivity index (χ0n) is 10.6. The third-order valence-electron chi connectivity index (χ3n) is 3.18. The lowest BCUT2D eigenvalue weighted by molar-refractivity contribution is 0.590. The molecule has 7 heteroatoms. The molecule has 104 valence electrons. The zero-order chi connectivity index (χ0) is 14.4. The lowest BCUT2D eigenvalue weighted by atomic mass is 10.3. The van der Waals surface area contributed by atoms with Crippen LogP contribution in [0.25, 0.3) is 16.8 Å². The number of nitrogens with one attached hydrogen (secondary N) is 2. The Bertz CT molecular complexity index is 936. The van der Waals surface area contributed by atoms with E-state index in [9.17, 15) is 8.78 Å². The highest BCUT2D eigenvalue weighted by Gasteiger charge is 2.13. The van der Waals surface area contributed by atoms with Crippen molar-refractivity contribution in [3.05, 3.63) is 54.1 Å². The van der Waals surface area contributed by atoms with Gasteiger partial charge in [0.2, 0.25) is 5.95 Å². The summed E-state index contributed by atoms with van der Waals surface area (Å²) in [7, 11) is 0. The predicted molar refractivity (Wildman–Crippen MR) is 74.5 cm³/mol. The first-order valence-corrected chi connectivity index (χ1v) is 6.26. The molecule has 0 aliphatic heterocycles. The fourth-order valence-corrected chi connectivity index (χ4v) is 2.22. The molecule has 0 radical (unpaired) electrons. The van der Waals surface area contributed by atoms with Gasteiger partial charge in [-0.2, -0.15) is 4.98 Å². The lowest BCUT2D eigenvalue weighted by Gasteiger charge is -2.04. The summed E-state index contributed by atoms with van der Waals surface area (Å²) in [5, 5.41) is 5.52. The molecule has 0 bridgehead atoms. The normalized spacial score (nSPS) is 11.3. The molecule has 0 atom stereocenters. The average Bonchev–Trinajstić information content (AvgIpc) is 3.00. The van der Waals surface area contributed by atoms with E-state index in [1.165, 1.54) is 18.2 Å². The first kappa shape index (κ1) is 11.8. The second-order valence-electron chi connectivity index (χ2n) is 4.53. The number of nitrogens with zero attached hydrogens (tertiary/aromatic N) is 3. The van der Waals surface area contributed by atoms with Gasteiger partial charge in [0.25, 0.3) is 5.78 Å². The van der Waals surface area contributed by atoms with Crippen LogP contribution in [-0.4, -0.2) is 19.6 Å². The van der Waals surface area contributed by atoms with Gasteiger partial charge in [-0.3, -0.25) is 5.10 Å². The van der Waals surface area contributed by atoms with Crippen molar-refractivity contribution < 1.29 is 8.78 Å². The van der Waals surface area contributed by atoms with Gasteiger partial charge in [0.15, 0.2) is 0 Å². The van der Waals surface area contributed by atoms with Crippen molar-refractivity contribution in [2.45, 2.75) is 0 Å². The topological polar surface area (TPSA) is 58.0 Å². The van der Waals surface area contributed by atoms with Gasteiger partial charge in [-0.15, -0.1) is 0 Å². The van der Waals surface area contributed by atoms with Crippen molar-refractivity contribution in [3.63, 3.8) is 0 Å². The third kappa shape index (κ3) is 1.82. The van der Waals surface area contributed by atoms with E-state index < -0.39 is 11.6 Å². The maximum atomic E-state index is 13.6. The number of H-pyrrole nitrogens is 1. The summed E-state index contributed by atoms with van der Waals surface area (Å²) in [5.41, 5.74) is 1.38. The molecule has 0 spiro atoms. The second-order valence-corrected chi connectivity index (χ2v) is 4.53. The Morgan fingerprint density at radius 1 is 0.952 bits per heavy atom. The summed E-state index contributed by atoms with van der Waals surface area (Å²) in [5.74, 6) is -0.731. The molecule has 0 aliphatic carbocycles. The number of benzene rings is 2. The number of aromatic amines is 1. The second kappa shape index (κ2) is 4.27. The monoisotopic (exact) mass is 285 g/mol. The molecular formula is C14H9F2N5. The van der Waals surface area contributed by atoms with Gasteiger partial charge in [0.1, 0.15) is 17.3 Å². The highest BCUT2D eigenvalue weighted by atomic mass is 19.1. The Morgan fingerprint density at radius 3 is 2.52 bits per heavy atom. The van der Waals surface area contributed by atoms with Crippen LogP contribution in [0, 0.1) is 11.6 Å². The number of rotatable bonds is 2. The summed E-state index contributed by atoms with van der Waals surface area (Å²) < 4.78 is 28.9. The molecule has 0 unspecified atom stereocenters. The number of imidazole rings is 1. The van der Waals surface area contributed by atoms with Gasteiger partial charge in [-0.1, -0.05) is 18.2 Å². The number of hydrogen-bond donors (Lipinski definition) is 2. The Morgan fingerprint density at radius 2 is 1.71 bits per heavy atom. The number of halogens is 2. The maximum Gasteiger partial charge on any atom is 0.253 e. The molecule has 4 rings (SSSR count). The van der Waals surface area contributed by atoms with E-state index >= 15 is 0 Å². The first-order valence-electron chi connectivity index (χ1n) is 6.26. The summed E-state index contributed by atoms with van der Waals surface area (Å²) in [6.07, 6.45) is 0. The van der Waals surface area contributed by atoms with Gasteiger partial charge in [-0.05, 0) is 24.3 Å². The van der Waals surface area contributed by atoms with Crippen molar-refractivity contribution in [2.24, 2.45) is 0 Å². The highest BCUT2D eigenvalue weighted by molar-refractivity contribution is 5.79. The highest BCUT2D eigenvalue weighted by Crippen LogP contribution is 2.22. The van der Waals surface area contributed by atoms with Crippen LogP contribution in [0.5, 0.6) is 0 Å². The van der Waals surface area contributed by atoms with E-state index in [1.54, 1.807) is 4.52 Å². The number of anilines is 2. The summed E-state index contributed by atoms with van der Waals surface area (Å²) in [6.45, 7) is 0. The Balaban J connectivity index is 1.81. The Hall–Kier alpha value is -2.96. The zero-order valence-corrected chi connectivity index (χ0v) is 10.6. The quantitative estimate of drug-likeness (QED) is 0.594. The van der Waals surface area contributed by atoms with Crippen LogP contribution in [0.15, 0.2) is 42.5 Å². The van der Waals surface area contributed by atoms with Crippen molar-refractivity contribution in [1.82, 2.24) is 19.6 Å². The van der Waals surface area contributed by atoms with Gasteiger partial charge in [-0.25, -0.2) is 18.3 Å². The van der Waals surface area contributed by atoms with Crippen LogP contribution >= 0.6 is 0 Å². The standard InChI is InChI=1S/C14H9F2N5/c15-8-4-3-5-9(16)12(8)18-13-19-14-17-10-6-1-2-7-11(10)21(14)20-13/h1-7H,(H2,17,18,19,20). The van der Waals surface area contributed by atoms with Crippen LogP contribution in [0.2, 0.25) is 0 Å². The smallest absolute Gasteiger partial charge is 0.253 e. The van der Waals surface area contributed by atoms with Crippen LogP contribution in [0.3, 0.4) is 0 Å². The van der Waals surface area contributed by atoms with Crippen molar-refractivity contribution in [3.8, 4) is 0 Å². The summed E-state index contributed by atoms with van der Waals surface area (Å²) >= 11 is 0. The fourth-order valence-electron chi connectivity index (χ4n) is 2.22. The number of aromatic nitrogens is 4. The molecule has 0 saturated heterocycles. The molecule has 0 fully saturated rings. The number of hydrogen-bond acceptors (Lipinski definition) is 3. The summed E-state index contributed by atoms with van der Waals surface area (Å²) in [6, 6.07) is 11.1. The van der Waals surface area contributed by atoms with E-state index in [0.29, 0.717) is 5.78 Å². The van der Waals surface area contributed by atoms with E-state index in [0.717, 1.165) is 11.0 Å². The number of fused-ring (bicyclic) bond motifs is 3. The van der Waals surface area contributed by atoms with E-state index in [-0.39, 0.29) is 11.6 Å². The molecule has 5 nitrogen and oxygen atoms in total. The first-order chi connectivity index (χ1) is 10.2. The van der Waals surface area contributed by atoms with Gasteiger partial charge >= 0.3 is 0 Å². The molecule has 2 aromatic heterocycles. The molecular weight excluding hydrogens is 276 g/mol. The molecule has 4 aromatic rings. The SMILES string of the molecule is Fc1cccc(F)c1Nc1nc2nc3ccccc3n2[nH]1. The minimum atomic E-state index is -0.686. The van der Waals surface area contributed by atoms with Crippen LogP contribution < -0.4 is 5.32 Å². The molecule has 2 aromatic carbocycles. The van der Waals surface area contributed by atoms with Crippen molar-refractivity contribution in [1.29, 1.82) is 0 Å². The van der Waals surface area contributed by atoms with Crippen LogP contribution in [0.1, 0.15) is 0 Å². The van der Waals surface area contributed by atoms with Crippen LogP contribution in [0.4, 0.5) is 20.4 Å². The average molecular weight is 285 g/mol. The number of para-hydroxylation sites is 3. The van der Waals surface area contributed by atoms with Crippen LogP contribution in [-0.2, 0) is 0 Å². The lowest BCUT2D eigenvalue weighted by Crippen LogP contribution is -1.99. The minimum absolute atomic E-state index is 0.215. The molecule has 2 N–H and O–H groups in total. The third-order valence-corrected chi connectivity index (χ3v) is 3.18. The minimum Gasteiger partial charge on any atom is -0.320 e. The molecule has 0 saturated carbocycles. The van der Waals surface area contributed by atoms with E-state index in [2.05, 4.69) is 20.4 Å². The molecule has 2 heterocycles. The largest absolute Gasteiger partial charge is 0.320 e. The van der Waals surface area contributed by atoms with E-state index in [1.807, 2.05) is 24.3 Å². The maximum absolute atomic E-state index is 13.6. The van der Waals surface area contributed by atoms with Gasteiger partial charge in [0.05, 0.1) is 11.0 Å². The van der Waals surface area contributed by atoms with Crippen molar-refractivity contribution in [2.75, 3.05) is 5.32 Å².